The van der Waals surface area contributed by atoms with Crippen LogP contribution in [0.25, 0.3) is 0 Å². The van der Waals surface area contributed by atoms with Crippen LogP contribution in [0, 0.1) is 29.6 Å². The molecule has 0 aliphatic carbocycles. The molecule has 2 rings (SSSR count). The monoisotopic (exact) mass is 951 g/mol. The van der Waals surface area contributed by atoms with Crippen LogP contribution in [0.15, 0.2) is 23.8 Å². The van der Waals surface area contributed by atoms with Gasteiger partial charge in [0.15, 0.2) is 17.5 Å². The molecule has 0 bridgehead atoms. The number of aliphatic hydroxyl groups excluding tert-OH is 3. The molecule has 13 atom stereocenters. The molecule has 0 unspecified atom stereocenters. The highest BCUT2D eigenvalue weighted by Gasteiger charge is 2.63. The first-order valence-electron chi connectivity index (χ1n) is 25.0. The van der Waals surface area contributed by atoms with Crippen molar-refractivity contribution in [1.29, 1.82) is 0 Å². The highest BCUT2D eigenvalue weighted by atomic mass is 16.6. The SMILES string of the molecule is C/C=C\[C@H](C)[C@H]1O[C@]1(C)[C@@H](O)[C@H]1COC(=O)[C@H](O)[C@@H](OC)[C@H](C)C(=O)[C@H](C)[C@@H](OC(C)=O)/C(C)=C/[C@H](C)C(=O)C[C@H](O)[C@](O)(COC(=O)CCCCCCCCCCCCCCCCC)C1=O. The molecule has 0 aromatic rings. The van der Waals surface area contributed by atoms with Gasteiger partial charge < -0.3 is 44.1 Å². The van der Waals surface area contributed by atoms with Crippen molar-refractivity contribution in [3.8, 4) is 0 Å². The highest BCUT2D eigenvalue weighted by molar-refractivity contribution is 5.93. The molecule has 4 N–H and O–H groups in total. The number of hydrogen-bond acceptors (Lipinski definition) is 15. The van der Waals surface area contributed by atoms with Gasteiger partial charge in [-0.2, -0.15) is 0 Å². The van der Waals surface area contributed by atoms with E-state index in [1.54, 1.807) is 13.0 Å². The highest BCUT2D eigenvalue weighted by Crippen LogP contribution is 2.47. The maximum absolute atomic E-state index is 14.8. The summed E-state index contributed by atoms with van der Waals surface area (Å²) in [6.07, 6.45) is 11.8. The predicted octanol–water partition coefficient (Wildman–Crippen LogP) is 7.05. The molecule has 0 amide bonds. The summed E-state index contributed by atoms with van der Waals surface area (Å²) < 4.78 is 27.8. The molecule has 2 aliphatic heterocycles. The fourth-order valence-corrected chi connectivity index (χ4v) is 9.40. The largest absolute Gasteiger partial charge is 0.463 e. The standard InChI is InChI=1S/C52H86O15/c1-11-13-14-15-16-17-18-19-20-21-22-23-24-25-26-28-42(56)65-32-52(62)41(55)30-40(54)34(4)29-35(5)45(66-38(8)53)36(6)43(57)37(7)46(63-10)44(58)50(61)64-31-39(48(52)60)47(59)51(9)49(67-51)33(3)27-12-2/h12,27,29,33-34,36-37,39,41,44-47,49,55,58-59,62H,11,13-26,28,30-32H2,1-10H3/b27-12-,35-29+/t33-,34-,36-,37+,39+,41-,44+,45-,46-,47-,49+,51+,52+/m0/s1. The number of methoxy groups -OCH3 is 1. The van der Waals surface area contributed by atoms with E-state index >= 15 is 0 Å². The third-order valence-corrected chi connectivity index (χ3v) is 13.8. The number of allylic oxidation sites excluding steroid dienone is 2. The fraction of sp³-hybridized carbons (Fsp3) is 0.808. The first-order chi connectivity index (χ1) is 31.6. The average molecular weight is 951 g/mol. The molecular weight excluding hydrogens is 865 g/mol. The zero-order valence-electron chi connectivity index (χ0n) is 42.3. The van der Waals surface area contributed by atoms with Gasteiger partial charge in [0.2, 0.25) is 0 Å². The van der Waals surface area contributed by atoms with E-state index in [1.165, 1.54) is 112 Å². The first-order valence-corrected chi connectivity index (χ1v) is 25.0. The molecule has 67 heavy (non-hydrogen) atoms. The van der Waals surface area contributed by atoms with E-state index in [9.17, 15) is 49.2 Å². The van der Waals surface area contributed by atoms with Crippen molar-refractivity contribution in [2.75, 3.05) is 20.3 Å². The van der Waals surface area contributed by atoms with Gasteiger partial charge in [-0.15, -0.1) is 0 Å². The molecule has 2 heterocycles. The lowest BCUT2D eigenvalue weighted by molar-refractivity contribution is -0.181. The Morgan fingerprint density at radius 3 is 1.94 bits per heavy atom. The van der Waals surface area contributed by atoms with Crippen molar-refractivity contribution in [3.05, 3.63) is 23.8 Å². The molecule has 0 aromatic heterocycles. The molecule has 1 saturated heterocycles. The number of ketones is 3. The summed E-state index contributed by atoms with van der Waals surface area (Å²) in [5, 5.41) is 47.2. The minimum Gasteiger partial charge on any atom is -0.463 e. The van der Waals surface area contributed by atoms with Gasteiger partial charge in [0, 0.05) is 44.6 Å². The number of rotatable bonds is 24. The second kappa shape index (κ2) is 29.6. The van der Waals surface area contributed by atoms with Gasteiger partial charge in [0.1, 0.15) is 48.7 Å². The fourth-order valence-electron chi connectivity index (χ4n) is 9.40. The number of esters is 3. The number of Topliss-reactive ketones (excluding diaryl/α,β-unsaturated/α-hetero) is 3. The summed E-state index contributed by atoms with van der Waals surface area (Å²) in [4.78, 5) is 81.4. The molecular formula is C52H86O15. The van der Waals surface area contributed by atoms with Crippen LogP contribution in [0.5, 0.6) is 0 Å². The summed E-state index contributed by atoms with van der Waals surface area (Å²) in [5.41, 5.74) is -4.17. The molecule has 0 saturated carbocycles. The molecule has 2 aliphatic rings. The smallest absolute Gasteiger partial charge is 0.337 e. The number of unbranched alkanes of at least 4 members (excludes halogenated alkanes) is 14. The van der Waals surface area contributed by atoms with E-state index in [-0.39, 0.29) is 17.9 Å². The summed E-state index contributed by atoms with van der Waals surface area (Å²) in [5.74, 6) is -10.8. The maximum atomic E-state index is 14.8. The van der Waals surface area contributed by atoms with Gasteiger partial charge in [-0.25, -0.2) is 4.79 Å². The van der Waals surface area contributed by atoms with Gasteiger partial charge in [-0.05, 0) is 32.8 Å². The molecule has 384 valence electrons. The summed E-state index contributed by atoms with van der Waals surface area (Å²) in [6, 6.07) is 0. The Hall–Kier alpha value is -3.34. The number of carbonyl (C=O) groups excluding carboxylic acids is 6. The van der Waals surface area contributed by atoms with Gasteiger partial charge in [0.05, 0.1) is 24.0 Å². The van der Waals surface area contributed by atoms with E-state index in [4.69, 9.17) is 23.7 Å². The number of hydrogen-bond donors (Lipinski definition) is 4. The Bertz CT molecular complexity index is 1640. The van der Waals surface area contributed by atoms with Gasteiger partial charge >= 0.3 is 17.9 Å². The third kappa shape index (κ3) is 18.2. The van der Waals surface area contributed by atoms with E-state index in [0.29, 0.717) is 6.42 Å². The first kappa shape index (κ1) is 59.8. The van der Waals surface area contributed by atoms with Gasteiger partial charge in [-0.1, -0.05) is 143 Å². The van der Waals surface area contributed by atoms with Crippen LogP contribution in [0.4, 0.5) is 0 Å². The number of carbonyl (C=O) groups is 6. The second-order valence-electron chi connectivity index (χ2n) is 19.5. The van der Waals surface area contributed by atoms with E-state index in [1.807, 2.05) is 13.0 Å². The van der Waals surface area contributed by atoms with Crippen LogP contribution in [0.3, 0.4) is 0 Å². The molecule has 0 aromatic carbocycles. The summed E-state index contributed by atoms with van der Waals surface area (Å²) in [6.45, 7) is 12.4. The lowest BCUT2D eigenvalue weighted by atomic mass is 9.76. The number of cyclic esters (lactones) is 1. The summed E-state index contributed by atoms with van der Waals surface area (Å²) >= 11 is 0. The zero-order valence-corrected chi connectivity index (χ0v) is 42.3. The van der Waals surface area contributed by atoms with Crippen LogP contribution < -0.4 is 0 Å². The van der Waals surface area contributed by atoms with E-state index < -0.39 is 126 Å². The van der Waals surface area contributed by atoms with Crippen molar-refractivity contribution < 1.29 is 72.9 Å². The molecule has 15 heteroatoms. The topological polar surface area (TPSA) is 233 Å². The van der Waals surface area contributed by atoms with Crippen molar-refractivity contribution >= 4 is 35.3 Å². The Morgan fingerprint density at radius 2 is 1.43 bits per heavy atom. The van der Waals surface area contributed by atoms with Crippen LogP contribution in [0.1, 0.15) is 171 Å². The molecule has 1 fully saturated rings. The van der Waals surface area contributed by atoms with E-state index in [2.05, 4.69) is 6.92 Å². The van der Waals surface area contributed by atoms with Crippen molar-refractivity contribution in [2.24, 2.45) is 29.6 Å². The van der Waals surface area contributed by atoms with Gasteiger partial charge in [-0.3, -0.25) is 24.0 Å². The summed E-state index contributed by atoms with van der Waals surface area (Å²) in [7, 11) is 1.17. The molecule has 15 nitrogen and oxygen atoms in total. The Balaban J connectivity index is 2.39. The minimum absolute atomic E-state index is 0.0415. The van der Waals surface area contributed by atoms with Crippen LogP contribution in [-0.4, -0.2) is 124 Å². The van der Waals surface area contributed by atoms with Crippen LogP contribution in [-0.2, 0) is 52.5 Å². The quantitative estimate of drug-likeness (QED) is 0.0250. The Kier molecular flexibility index (Phi) is 26.4. The van der Waals surface area contributed by atoms with Crippen LogP contribution >= 0.6 is 0 Å². The predicted molar refractivity (Wildman–Crippen MR) is 252 cm³/mol. The van der Waals surface area contributed by atoms with Gasteiger partial charge in [0.25, 0.3) is 0 Å². The second-order valence-corrected chi connectivity index (χ2v) is 19.5. The average Bonchev–Trinajstić information content (AvgIpc) is 4.00. The van der Waals surface area contributed by atoms with Crippen molar-refractivity contribution in [3.63, 3.8) is 0 Å². The third-order valence-electron chi connectivity index (χ3n) is 13.8. The van der Waals surface area contributed by atoms with Crippen molar-refractivity contribution in [2.45, 2.75) is 219 Å². The Labute approximate surface area is 400 Å². The van der Waals surface area contributed by atoms with E-state index in [0.717, 1.165) is 32.6 Å². The lowest BCUT2D eigenvalue weighted by Gasteiger charge is -2.36. The zero-order chi connectivity index (χ0) is 50.5. The molecule has 0 spiro atoms. The minimum atomic E-state index is -3.03. The number of aliphatic hydroxyl groups is 4. The van der Waals surface area contributed by atoms with Crippen LogP contribution in [0.2, 0.25) is 0 Å². The maximum Gasteiger partial charge on any atom is 0.337 e. The normalized spacial score (nSPS) is 32.1. The molecule has 0 radical (unpaired) electrons. The Morgan fingerprint density at radius 1 is 0.896 bits per heavy atom. The number of epoxide rings is 1. The van der Waals surface area contributed by atoms with Crippen molar-refractivity contribution in [1.82, 2.24) is 0 Å². The lowest BCUT2D eigenvalue weighted by Crippen LogP contribution is -2.60. The number of ether oxygens (including phenoxy) is 5.